The fourth-order valence-electron chi connectivity index (χ4n) is 4.65. The number of Topliss-reactive ketones (excluding diaryl/α,β-unsaturated/α-hetero) is 1. The summed E-state index contributed by atoms with van der Waals surface area (Å²) in [5.41, 5.74) is 1.68. The van der Waals surface area contributed by atoms with Crippen LogP contribution in [0.15, 0.2) is 30.9 Å². The molecule has 0 amide bonds. The molecule has 6 nitrogen and oxygen atoms in total. The molecule has 1 aromatic carbocycles. The minimum atomic E-state index is -1.38. The second kappa shape index (κ2) is 10.0. The number of hydrogen-bond donors (Lipinski definition) is 0. The van der Waals surface area contributed by atoms with Gasteiger partial charge in [-0.1, -0.05) is 45.3 Å². The minimum absolute atomic E-state index is 0.0343. The van der Waals surface area contributed by atoms with Crippen LogP contribution in [0.5, 0.6) is 5.75 Å². The summed E-state index contributed by atoms with van der Waals surface area (Å²) >= 11 is 0. The van der Waals surface area contributed by atoms with Gasteiger partial charge in [-0.05, 0) is 35.7 Å². The molecule has 1 fully saturated rings. The lowest BCUT2D eigenvalue weighted by Gasteiger charge is -2.46. The fraction of sp³-hybridized carbons (Fsp3) is 0.560. The van der Waals surface area contributed by atoms with Crippen molar-refractivity contribution in [1.29, 1.82) is 0 Å². The van der Waals surface area contributed by atoms with Crippen LogP contribution in [0.1, 0.15) is 42.7 Å². The number of carbonyl (C=O) groups excluding carboxylic acids is 3. The molecule has 0 spiro atoms. The second-order valence-electron chi connectivity index (χ2n) is 9.84. The fourth-order valence-corrected chi connectivity index (χ4v) is 5.36. The van der Waals surface area contributed by atoms with Crippen LogP contribution in [0.3, 0.4) is 0 Å². The zero-order chi connectivity index (χ0) is 23.5. The average molecular weight is 459 g/mol. The summed E-state index contributed by atoms with van der Waals surface area (Å²) in [5, 5.41) is 0. The highest BCUT2D eigenvalue weighted by atomic mass is 28.3. The van der Waals surface area contributed by atoms with Crippen molar-refractivity contribution in [1.82, 2.24) is 0 Å². The minimum Gasteiger partial charge on any atom is -0.490 e. The van der Waals surface area contributed by atoms with Gasteiger partial charge >= 0.3 is 11.9 Å². The molecular weight excluding hydrogens is 424 g/mol. The van der Waals surface area contributed by atoms with Crippen LogP contribution < -0.4 is 4.74 Å². The van der Waals surface area contributed by atoms with Crippen molar-refractivity contribution in [2.24, 2.45) is 11.8 Å². The monoisotopic (exact) mass is 458 g/mol. The van der Waals surface area contributed by atoms with Gasteiger partial charge in [-0.2, -0.15) is 0 Å². The number of fused-ring (bicyclic) bond motifs is 2. The highest BCUT2D eigenvalue weighted by molar-refractivity contribution is 6.76. The van der Waals surface area contributed by atoms with Crippen molar-refractivity contribution in [3.05, 3.63) is 42.0 Å². The standard InChI is InChI=1S/C25H34O6Si/c1-6-10-29-16-8-9-17-18(14-16)21-20(26)15-19(17)22(23(21)25(28)30-11-7-2)24(27)31-12-13-32(3,4)5/h6,8-9,14,19,21-23H,1,7,10-13,15H2,2-5H3/t19?,21-,22?,23-/m1/s1. The van der Waals surface area contributed by atoms with Gasteiger partial charge in [-0.25, -0.2) is 0 Å². The molecule has 174 valence electrons. The van der Waals surface area contributed by atoms with E-state index < -0.39 is 43.7 Å². The maximum Gasteiger partial charge on any atom is 0.310 e. The molecule has 3 aliphatic carbocycles. The molecule has 0 saturated heterocycles. The molecule has 0 radical (unpaired) electrons. The van der Waals surface area contributed by atoms with E-state index in [0.717, 1.165) is 17.2 Å². The highest BCUT2D eigenvalue weighted by Crippen LogP contribution is 2.55. The van der Waals surface area contributed by atoms with Crippen LogP contribution in [-0.4, -0.2) is 45.6 Å². The maximum atomic E-state index is 13.2. The molecule has 1 saturated carbocycles. The van der Waals surface area contributed by atoms with Crippen molar-refractivity contribution in [2.45, 2.75) is 57.3 Å². The molecule has 3 aliphatic rings. The Bertz CT molecular complexity index is 887. The number of hydrogen-bond acceptors (Lipinski definition) is 6. The molecule has 4 rings (SSSR count). The molecule has 0 N–H and O–H groups in total. The largest absolute Gasteiger partial charge is 0.490 e. The quantitative estimate of drug-likeness (QED) is 0.292. The number of ketones is 1. The van der Waals surface area contributed by atoms with Gasteiger partial charge < -0.3 is 14.2 Å². The zero-order valence-corrected chi connectivity index (χ0v) is 20.5. The molecule has 4 atom stereocenters. The molecule has 0 aromatic heterocycles. The SMILES string of the molecule is C=CCOc1ccc2c(c1)[C@@H]1C(=O)CC2C(C(=O)OCC[Si](C)(C)C)[C@@H]1C(=O)OCCC. The van der Waals surface area contributed by atoms with E-state index in [1.165, 1.54) is 0 Å². The van der Waals surface area contributed by atoms with Crippen LogP contribution in [0.25, 0.3) is 0 Å². The topological polar surface area (TPSA) is 78.9 Å². The highest BCUT2D eigenvalue weighted by Gasteiger charge is 2.57. The summed E-state index contributed by atoms with van der Waals surface area (Å²) < 4.78 is 16.8. The first-order valence-electron chi connectivity index (χ1n) is 11.4. The second-order valence-corrected chi connectivity index (χ2v) is 15.5. The summed E-state index contributed by atoms with van der Waals surface area (Å²) in [6.07, 6.45) is 2.55. The average Bonchev–Trinajstić information content (AvgIpc) is 2.74. The molecule has 2 unspecified atom stereocenters. The van der Waals surface area contributed by atoms with E-state index in [9.17, 15) is 14.4 Å². The van der Waals surface area contributed by atoms with Gasteiger partial charge in [0.2, 0.25) is 0 Å². The summed E-state index contributed by atoms with van der Waals surface area (Å²) in [6, 6.07) is 6.42. The molecule has 32 heavy (non-hydrogen) atoms. The number of benzene rings is 1. The summed E-state index contributed by atoms with van der Waals surface area (Å²) in [7, 11) is -1.38. The number of rotatable bonds is 10. The van der Waals surface area contributed by atoms with Crippen molar-refractivity contribution < 1.29 is 28.6 Å². The first kappa shape index (κ1) is 24.2. The smallest absolute Gasteiger partial charge is 0.310 e. The normalized spacial score (nSPS) is 23.9. The van der Waals surface area contributed by atoms with E-state index >= 15 is 0 Å². The van der Waals surface area contributed by atoms with Gasteiger partial charge in [0.1, 0.15) is 18.1 Å². The van der Waals surface area contributed by atoms with E-state index in [-0.39, 0.29) is 18.8 Å². The predicted octanol–water partition coefficient (Wildman–Crippen LogP) is 4.47. The van der Waals surface area contributed by atoms with Crippen LogP contribution >= 0.6 is 0 Å². The van der Waals surface area contributed by atoms with Crippen molar-refractivity contribution in [2.75, 3.05) is 19.8 Å². The molecule has 1 aromatic rings. The Balaban J connectivity index is 1.95. The Kier molecular flexibility index (Phi) is 7.59. The van der Waals surface area contributed by atoms with Crippen LogP contribution in [0.4, 0.5) is 0 Å². The van der Waals surface area contributed by atoms with Crippen molar-refractivity contribution in [3.63, 3.8) is 0 Å². The Morgan fingerprint density at radius 3 is 2.44 bits per heavy atom. The molecule has 7 heteroatoms. The third-order valence-electron chi connectivity index (χ3n) is 6.20. The first-order chi connectivity index (χ1) is 15.2. The van der Waals surface area contributed by atoms with Gasteiger partial charge in [-0.15, -0.1) is 0 Å². The molecular formula is C25H34O6Si. The summed E-state index contributed by atoms with van der Waals surface area (Å²) in [4.78, 5) is 39.3. The van der Waals surface area contributed by atoms with Gasteiger partial charge in [0.25, 0.3) is 0 Å². The summed E-state index contributed by atoms with van der Waals surface area (Å²) in [6.45, 7) is 13.2. The van der Waals surface area contributed by atoms with Gasteiger partial charge in [-0.3, -0.25) is 14.4 Å². The Labute approximate surface area is 191 Å². The molecule has 0 aliphatic heterocycles. The van der Waals surface area contributed by atoms with Crippen molar-refractivity contribution in [3.8, 4) is 5.75 Å². The van der Waals surface area contributed by atoms with Crippen molar-refractivity contribution >= 4 is 25.8 Å². The molecule has 0 heterocycles. The van der Waals surface area contributed by atoms with Gasteiger partial charge in [0.05, 0.1) is 31.0 Å². The summed E-state index contributed by atoms with van der Waals surface area (Å²) in [5.74, 6) is -3.01. The van der Waals surface area contributed by atoms with E-state index in [4.69, 9.17) is 14.2 Å². The van der Waals surface area contributed by atoms with Gasteiger partial charge in [0, 0.05) is 20.4 Å². The first-order valence-corrected chi connectivity index (χ1v) is 15.1. The third-order valence-corrected chi connectivity index (χ3v) is 7.90. The Hall–Kier alpha value is -2.41. The molecule has 2 bridgehead atoms. The van der Waals surface area contributed by atoms with Crippen LogP contribution in [-0.2, 0) is 23.9 Å². The lowest BCUT2D eigenvalue weighted by Crippen LogP contribution is -2.50. The van der Waals surface area contributed by atoms with E-state index in [0.29, 0.717) is 25.4 Å². The number of esters is 2. The zero-order valence-electron chi connectivity index (χ0n) is 19.5. The van der Waals surface area contributed by atoms with Crippen LogP contribution in [0, 0.1) is 11.8 Å². The van der Waals surface area contributed by atoms with Gasteiger partial charge in [0.15, 0.2) is 0 Å². The maximum absolute atomic E-state index is 13.2. The van der Waals surface area contributed by atoms with Crippen LogP contribution in [0.2, 0.25) is 25.7 Å². The lowest BCUT2D eigenvalue weighted by atomic mass is 9.55. The number of ether oxygens (including phenoxy) is 3. The Morgan fingerprint density at radius 2 is 1.78 bits per heavy atom. The third kappa shape index (κ3) is 5.14. The van der Waals surface area contributed by atoms with E-state index in [1.807, 2.05) is 25.1 Å². The lowest BCUT2D eigenvalue weighted by molar-refractivity contribution is -0.167. The predicted molar refractivity (Wildman–Crippen MR) is 125 cm³/mol. The van der Waals surface area contributed by atoms with E-state index in [2.05, 4.69) is 26.2 Å². The van der Waals surface area contributed by atoms with E-state index in [1.54, 1.807) is 6.08 Å². The number of carbonyl (C=O) groups is 3. The Morgan fingerprint density at radius 1 is 1.09 bits per heavy atom.